The molecule has 2 N–H and O–H groups in total. The predicted molar refractivity (Wildman–Crippen MR) is 82.4 cm³/mol. The van der Waals surface area contributed by atoms with Crippen molar-refractivity contribution in [1.82, 2.24) is 0 Å². The van der Waals surface area contributed by atoms with Gasteiger partial charge in [-0.2, -0.15) is 0 Å². The molecule has 2 rings (SSSR count). The molecule has 0 spiro atoms. The lowest BCUT2D eigenvalue weighted by molar-refractivity contribution is 0.551. The third-order valence-corrected chi connectivity index (χ3v) is 3.56. The zero-order valence-corrected chi connectivity index (χ0v) is 12.3. The summed E-state index contributed by atoms with van der Waals surface area (Å²) in [6.07, 6.45) is 0. The van der Waals surface area contributed by atoms with E-state index in [1.165, 1.54) is 17.7 Å². The van der Waals surface area contributed by atoms with Crippen LogP contribution in [0.2, 0.25) is 0 Å². The molecule has 2 aromatic carbocycles. The standard InChI is InChI=1S/C17H20F2N2/c1-3-21(14-7-4-12(2)5-8-14)11-17(20)15-9-6-13(18)10-16(15)19/h4-10,17H,3,11,20H2,1-2H3. The molecule has 2 nitrogen and oxygen atoms in total. The quantitative estimate of drug-likeness (QED) is 0.907. The summed E-state index contributed by atoms with van der Waals surface area (Å²) in [5, 5.41) is 0. The first-order valence-electron chi connectivity index (χ1n) is 7.03. The van der Waals surface area contributed by atoms with E-state index < -0.39 is 17.7 Å². The highest BCUT2D eigenvalue weighted by atomic mass is 19.1. The molecule has 0 aliphatic carbocycles. The molecule has 0 saturated carbocycles. The minimum atomic E-state index is -0.595. The smallest absolute Gasteiger partial charge is 0.130 e. The van der Waals surface area contributed by atoms with Crippen molar-refractivity contribution >= 4 is 5.69 Å². The third-order valence-electron chi connectivity index (χ3n) is 3.56. The van der Waals surface area contributed by atoms with Crippen LogP contribution in [0.4, 0.5) is 14.5 Å². The Morgan fingerprint density at radius 2 is 1.76 bits per heavy atom. The van der Waals surface area contributed by atoms with Gasteiger partial charge in [-0.3, -0.25) is 0 Å². The maximum Gasteiger partial charge on any atom is 0.130 e. The molecule has 0 aliphatic rings. The Morgan fingerprint density at radius 1 is 1.10 bits per heavy atom. The Bertz CT molecular complexity index is 596. The number of nitrogens with zero attached hydrogens (tertiary/aromatic N) is 1. The molecule has 112 valence electrons. The van der Waals surface area contributed by atoms with Gasteiger partial charge in [-0.25, -0.2) is 8.78 Å². The predicted octanol–water partition coefficient (Wildman–Crippen LogP) is 3.80. The van der Waals surface area contributed by atoms with E-state index in [0.29, 0.717) is 12.1 Å². The number of nitrogens with two attached hydrogens (primary N) is 1. The average molecular weight is 290 g/mol. The summed E-state index contributed by atoms with van der Waals surface area (Å²) >= 11 is 0. The molecule has 0 fully saturated rings. The SMILES string of the molecule is CCN(CC(N)c1ccc(F)cc1F)c1ccc(C)cc1. The summed E-state index contributed by atoms with van der Waals surface area (Å²) in [5.41, 5.74) is 8.65. The molecule has 0 aliphatic heterocycles. The van der Waals surface area contributed by atoms with E-state index in [0.717, 1.165) is 18.3 Å². The maximum atomic E-state index is 13.8. The molecule has 21 heavy (non-hydrogen) atoms. The van der Waals surface area contributed by atoms with Gasteiger partial charge >= 0.3 is 0 Å². The highest BCUT2D eigenvalue weighted by molar-refractivity contribution is 5.47. The summed E-state index contributed by atoms with van der Waals surface area (Å²) < 4.78 is 26.7. The second-order valence-corrected chi connectivity index (χ2v) is 5.15. The van der Waals surface area contributed by atoms with Crippen LogP contribution < -0.4 is 10.6 Å². The summed E-state index contributed by atoms with van der Waals surface area (Å²) in [6, 6.07) is 11.1. The van der Waals surface area contributed by atoms with E-state index in [1.807, 2.05) is 38.1 Å². The van der Waals surface area contributed by atoms with Crippen LogP contribution in [0.3, 0.4) is 0 Å². The lowest BCUT2D eigenvalue weighted by Gasteiger charge is -2.27. The monoisotopic (exact) mass is 290 g/mol. The molecular formula is C17H20F2N2. The minimum absolute atomic E-state index is 0.335. The van der Waals surface area contributed by atoms with Gasteiger partial charge in [-0.15, -0.1) is 0 Å². The molecule has 0 heterocycles. The van der Waals surface area contributed by atoms with E-state index in [1.54, 1.807) is 0 Å². The van der Waals surface area contributed by atoms with E-state index in [9.17, 15) is 8.78 Å². The Labute approximate surface area is 124 Å². The fourth-order valence-corrected chi connectivity index (χ4v) is 2.31. The van der Waals surface area contributed by atoms with Gasteiger partial charge in [-0.1, -0.05) is 23.8 Å². The van der Waals surface area contributed by atoms with Crippen molar-refractivity contribution in [1.29, 1.82) is 0 Å². The molecule has 4 heteroatoms. The van der Waals surface area contributed by atoms with Gasteiger partial charge in [0.05, 0.1) is 6.04 Å². The van der Waals surface area contributed by atoms with Crippen LogP contribution in [0.15, 0.2) is 42.5 Å². The van der Waals surface area contributed by atoms with Crippen LogP contribution >= 0.6 is 0 Å². The maximum absolute atomic E-state index is 13.8. The van der Waals surface area contributed by atoms with Gasteiger partial charge in [0, 0.05) is 30.4 Å². The molecule has 1 atom stereocenters. The first-order valence-corrected chi connectivity index (χ1v) is 7.03. The first-order chi connectivity index (χ1) is 10.0. The number of halogens is 2. The lowest BCUT2D eigenvalue weighted by atomic mass is 10.1. The Hall–Kier alpha value is -1.94. The molecule has 0 saturated heterocycles. The van der Waals surface area contributed by atoms with Crippen molar-refractivity contribution in [3.8, 4) is 0 Å². The molecule has 1 unspecified atom stereocenters. The van der Waals surface area contributed by atoms with Gasteiger partial charge in [0.15, 0.2) is 0 Å². The van der Waals surface area contributed by atoms with Gasteiger partial charge in [0.25, 0.3) is 0 Å². The Kier molecular flexibility index (Phi) is 4.91. The highest BCUT2D eigenvalue weighted by Gasteiger charge is 2.15. The number of hydrogen-bond donors (Lipinski definition) is 1. The molecule has 0 amide bonds. The number of hydrogen-bond acceptors (Lipinski definition) is 2. The summed E-state index contributed by atoms with van der Waals surface area (Å²) in [7, 11) is 0. The number of aryl methyl sites for hydroxylation is 1. The zero-order chi connectivity index (χ0) is 15.4. The van der Waals surface area contributed by atoms with Crippen LogP contribution in [0.25, 0.3) is 0 Å². The average Bonchev–Trinajstić information content (AvgIpc) is 2.45. The Balaban J connectivity index is 2.15. The van der Waals surface area contributed by atoms with Gasteiger partial charge in [0.2, 0.25) is 0 Å². The largest absolute Gasteiger partial charge is 0.370 e. The lowest BCUT2D eigenvalue weighted by Crippen LogP contribution is -2.32. The van der Waals surface area contributed by atoms with Gasteiger partial charge in [0.1, 0.15) is 11.6 Å². The topological polar surface area (TPSA) is 29.3 Å². The fraction of sp³-hybridized carbons (Fsp3) is 0.294. The minimum Gasteiger partial charge on any atom is -0.370 e. The van der Waals surface area contributed by atoms with Crippen molar-refractivity contribution in [3.05, 3.63) is 65.2 Å². The molecule has 0 aromatic heterocycles. The van der Waals surface area contributed by atoms with Crippen molar-refractivity contribution in [2.45, 2.75) is 19.9 Å². The number of anilines is 1. The second-order valence-electron chi connectivity index (χ2n) is 5.15. The fourth-order valence-electron chi connectivity index (χ4n) is 2.31. The van der Waals surface area contributed by atoms with Crippen LogP contribution in [0.1, 0.15) is 24.1 Å². The first kappa shape index (κ1) is 15.4. The van der Waals surface area contributed by atoms with E-state index in [4.69, 9.17) is 5.73 Å². The number of benzene rings is 2. The van der Waals surface area contributed by atoms with Crippen molar-refractivity contribution in [3.63, 3.8) is 0 Å². The third kappa shape index (κ3) is 3.79. The molecular weight excluding hydrogens is 270 g/mol. The molecule has 0 bridgehead atoms. The van der Waals surface area contributed by atoms with E-state index in [2.05, 4.69) is 4.90 Å². The zero-order valence-electron chi connectivity index (χ0n) is 12.3. The van der Waals surface area contributed by atoms with Crippen LogP contribution in [0.5, 0.6) is 0 Å². The van der Waals surface area contributed by atoms with Gasteiger partial charge < -0.3 is 10.6 Å². The van der Waals surface area contributed by atoms with E-state index in [-0.39, 0.29) is 0 Å². The summed E-state index contributed by atoms with van der Waals surface area (Å²) in [4.78, 5) is 2.08. The molecule has 0 radical (unpaired) electrons. The second kappa shape index (κ2) is 6.68. The Morgan fingerprint density at radius 3 is 2.33 bits per heavy atom. The number of likely N-dealkylation sites (N-methyl/N-ethyl adjacent to an activating group) is 1. The summed E-state index contributed by atoms with van der Waals surface area (Å²) in [5.74, 6) is -1.18. The van der Waals surface area contributed by atoms with Crippen LogP contribution in [-0.4, -0.2) is 13.1 Å². The van der Waals surface area contributed by atoms with Crippen LogP contribution in [0, 0.1) is 18.6 Å². The highest BCUT2D eigenvalue weighted by Crippen LogP contribution is 2.21. The van der Waals surface area contributed by atoms with Crippen molar-refractivity contribution < 1.29 is 8.78 Å². The number of rotatable bonds is 5. The summed E-state index contributed by atoms with van der Waals surface area (Å²) in [6.45, 7) is 5.29. The van der Waals surface area contributed by atoms with Crippen LogP contribution in [-0.2, 0) is 0 Å². The van der Waals surface area contributed by atoms with Crippen molar-refractivity contribution in [2.24, 2.45) is 5.73 Å². The molecule has 2 aromatic rings. The normalized spacial score (nSPS) is 12.2. The van der Waals surface area contributed by atoms with Crippen molar-refractivity contribution in [2.75, 3.05) is 18.0 Å². The van der Waals surface area contributed by atoms with E-state index >= 15 is 0 Å². The van der Waals surface area contributed by atoms with Gasteiger partial charge in [-0.05, 0) is 32.0 Å².